The molecule has 13 heavy (non-hydrogen) atoms. The van der Waals surface area contributed by atoms with Crippen molar-refractivity contribution in [2.24, 2.45) is 0 Å². The second-order valence-corrected chi connectivity index (χ2v) is 5.08. The molecule has 0 aliphatic heterocycles. The molecule has 56 valence electrons. The predicted molar refractivity (Wildman–Crippen MR) is 2.46 cm³/mol. The van der Waals surface area contributed by atoms with Gasteiger partial charge < -0.3 is 0 Å². The van der Waals surface area contributed by atoms with Gasteiger partial charge in [0.05, 0.1) is 0 Å². The molecule has 0 aromatic rings. The molecule has 0 radical (unpaired) electrons. The van der Waals surface area contributed by atoms with Crippen molar-refractivity contribution in [3.05, 3.63) is 0 Å². The molecule has 0 aliphatic carbocycles. The molecule has 0 aliphatic rings. The second-order valence-electron chi connectivity index (χ2n) is 0.976. The van der Waals surface area contributed by atoms with Crippen LogP contribution in [0.2, 0.25) is 0 Å². The van der Waals surface area contributed by atoms with Crippen LogP contribution in [0.15, 0.2) is 0 Å². The summed E-state index contributed by atoms with van der Waals surface area (Å²) in [6.07, 6.45) is 0. The van der Waals surface area contributed by atoms with Crippen LogP contribution < -0.4 is 249 Å². The Balaban J connectivity index is -0.0000000533. The van der Waals surface area contributed by atoms with Gasteiger partial charge in [-0.05, 0) is 0 Å². The van der Waals surface area contributed by atoms with Crippen LogP contribution in [0, 0.1) is 0 Å². The predicted octanol–water partition coefficient (Wildman–Crippen LogP) is -17.1. The molecule has 0 fully saturated rings. The van der Waals surface area contributed by atoms with Gasteiger partial charge in [-0.2, -0.15) is 0 Å². The fourth-order valence-corrected chi connectivity index (χ4v) is 2.08. The molecule has 0 spiro atoms. The van der Waals surface area contributed by atoms with Crippen molar-refractivity contribution in [1.82, 2.24) is 0 Å². The van der Waals surface area contributed by atoms with E-state index in [1.54, 1.807) is 0 Å². The van der Waals surface area contributed by atoms with Crippen molar-refractivity contribution < 1.29 is 289 Å². The number of hydrogen-bond donors (Lipinski definition) is 0. The minimum atomic E-state index is -6.21. The van der Waals surface area contributed by atoms with Gasteiger partial charge in [-0.1, -0.05) is 0 Å². The molecule has 0 saturated heterocycles. The molecule has 7 nitrogen and oxygen atoms in total. The summed E-state index contributed by atoms with van der Waals surface area (Å²) in [6, 6.07) is 0. The van der Waals surface area contributed by atoms with Gasteiger partial charge in [0.1, 0.15) is 0 Å². The quantitative estimate of drug-likeness (QED) is 0.330. The summed E-state index contributed by atoms with van der Waals surface area (Å²) in [6.45, 7) is 0. The van der Waals surface area contributed by atoms with Crippen LogP contribution in [-0.4, -0.2) is 0 Å². The average Bonchev–Trinajstić information content (AvgIpc) is 1.14. The van der Waals surface area contributed by atoms with Gasteiger partial charge >= 0.3 is 289 Å². The van der Waals surface area contributed by atoms with Gasteiger partial charge in [-0.3, -0.25) is 0 Å². The molecule has 0 aromatic carbocycles. The van der Waals surface area contributed by atoms with Crippen LogP contribution in [0.1, 0.15) is 0 Å². The van der Waals surface area contributed by atoms with E-state index >= 15 is 0 Å². The second kappa shape index (κ2) is 16.2. The monoisotopic (exact) mass is 553 g/mol. The Morgan fingerprint density at radius 2 is 0.846 bits per heavy atom. The van der Waals surface area contributed by atoms with E-state index in [1.165, 1.54) is 0 Å². The Bertz CT molecular complexity index is 159. The third-order valence-corrected chi connectivity index (χ3v) is 3.40. The Hall–Kier alpha value is 7.79. The molecule has 0 amide bonds. The number of rotatable bonds is 2. The summed E-state index contributed by atoms with van der Waals surface area (Å²) < 4.78 is 59.0. The third kappa shape index (κ3) is 32.9. The van der Waals surface area contributed by atoms with Gasteiger partial charge in [-0.15, -0.1) is 0 Å². The maximum Gasteiger partial charge on any atom is 1.00 e. The van der Waals surface area contributed by atoms with Crippen LogP contribution in [0.25, 0.3) is 0 Å². The standard InChI is InChI=1S/7O.4Rb.2V/q;;;4*-1;4*+1;;. The van der Waals surface area contributed by atoms with Gasteiger partial charge in [0.25, 0.3) is 0 Å². The van der Waals surface area contributed by atoms with Crippen molar-refractivity contribution in [2.45, 2.75) is 0 Å². The van der Waals surface area contributed by atoms with Crippen molar-refractivity contribution >= 4 is 0 Å². The molecule has 0 heterocycles. The first-order valence-electron chi connectivity index (χ1n) is 1.46. The van der Waals surface area contributed by atoms with E-state index in [4.69, 9.17) is 0 Å². The molecule has 0 rings (SSSR count). The Morgan fingerprint density at radius 3 is 0.846 bits per heavy atom. The fraction of sp³-hybridized carbons (Fsp3) is 0. The first-order valence-corrected chi connectivity index (χ1v) is 6.02. The summed E-state index contributed by atoms with van der Waals surface area (Å²) in [5.74, 6) is 0. The van der Waals surface area contributed by atoms with Crippen LogP contribution in [-0.2, 0) is 40.0 Å². The zero-order valence-electron chi connectivity index (χ0n) is 7.75. The van der Waals surface area contributed by atoms with Crippen molar-refractivity contribution in [2.75, 3.05) is 0 Å². The Kier molecular flexibility index (Phi) is 40.6. The van der Waals surface area contributed by atoms with Gasteiger partial charge in [0, 0.05) is 0 Å². The van der Waals surface area contributed by atoms with Gasteiger partial charge in [0.2, 0.25) is 0 Å². The van der Waals surface area contributed by atoms with E-state index in [1.807, 2.05) is 0 Å². The van der Waals surface area contributed by atoms with E-state index in [0.29, 0.717) is 0 Å². The molecule has 0 N–H and O–H groups in total. The largest absolute Gasteiger partial charge is 1.00 e. The molecule has 0 unspecified atom stereocenters. The summed E-state index contributed by atoms with van der Waals surface area (Å²) in [4.78, 5) is 0. The molecule has 0 atom stereocenters. The molecule has 13 heteroatoms. The van der Waals surface area contributed by atoms with E-state index in [2.05, 4.69) is 2.59 Å². The zero-order valence-corrected chi connectivity index (χ0v) is 30.2. The average molecular weight is 556 g/mol. The summed E-state index contributed by atoms with van der Waals surface area (Å²) >= 11 is -12.4. The first-order chi connectivity index (χ1) is 3.71. The molecule has 0 saturated carbocycles. The van der Waals surface area contributed by atoms with Crippen molar-refractivity contribution in [3.63, 3.8) is 0 Å². The minimum absolute atomic E-state index is 0. The van der Waals surface area contributed by atoms with Crippen molar-refractivity contribution in [3.8, 4) is 0 Å². The van der Waals surface area contributed by atoms with Crippen LogP contribution in [0.3, 0.4) is 0 Å². The van der Waals surface area contributed by atoms with Crippen LogP contribution in [0.4, 0.5) is 0 Å². The Morgan fingerprint density at radius 1 is 0.692 bits per heavy atom. The Labute approximate surface area is 278 Å². The molecular weight excluding hydrogens is 556 g/mol. The van der Waals surface area contributed by atoms with Crippen LogP contribution in [0.5, 0.6) is 0 Å². The third-order valence-electron chi connectivity index (χ3n) is 0.200. The summed E-state index contributed by atoms with van der Waals surface area (Å²) in [5, 5.41) is 0. The fourth-order valence-electron chi connectivity index (χ4n) is 0.122. The van der Waals surface area contributed by atoms with Crippen molar-refractivity contribution in [1.29, 1.82) is 0 Å². The molecule has 0 aromatic heterocycles. The first kappa shape index (κ1) is 32.7. The van der Waals surface area contributed by atoms with Gasteiger partial charge in [0.15, 0.2) is 0 Å². The zero-order chi connectivity index (χ0) is 7.71. The van der Waals surface area contributed by atoms with E-state index in [9.17, 15) is 23.5 Å². The SMILES string of the molecule is [O]=[V]([O-])([O-])[O][V](=[O])([O-])[O-].[Rb+].[Rb+].[Rb+].[Rb+]. The minimum Gasteiger partial charge on any atom is 1.00 e. The van der Waals surface area contributed by atoms with E-state index in [0.717, 1.165) is 0 Å². The topological polar surface area (TPSA) is 136 Å². The van der Waals surface area contributed by atoms with Crippen LogP contribution >= 0.6 is 0 Å². The molecular formula is O7Rb4V2. The summed E-state index contributed by atoms with van der Waals surface area (Å²) in [7, 11) is 0. The summed E-state index contributed by atoms with van der Waals surface area (Å²) in [5.41, 5.74) is 0. The number of hydrogen-bond acceptors (Lipinski definition) is 7. The normalized spacial score (nSPS) is 9.54. The maximum atomic E-state index is 9.40. The smallest absolute Gasteiger partial charge is 1.00 e. The van der Waals surface area contributed by atoms with Gasteiger partial charge in [-0.25, -0.2) is 0 Å². The van der Waals surface area contributed by atoms with E-state index in [-0.39, 0.29) is 233 Å². The van der Waals surface area contributed by atoms with E-state index < -0.39 is 30.0 Å². The molecule has 0 bridgehead atoms. The maximum absolute atomic E-state index is 9.40.